The summed E-state index contributed by atoms with van der Waals surface area (Å²) in [5.41, 5.74) is 1.62. The lowest BCUT2D eigenvalue weighted by Gasteiger charge is -2.23. The molecule has 25 heavy (non-hydrogen) atoms. The van der Waals surface area contributed by atoms with Crippen LogP contribution < -0.4 is 10.6 Å². The van der Waals surface area contributed by atoms with Crippen LogP contribution in [0.5, 0.6) is 0 Å². The average molecular weight is 349 g/mol. The highest BCUT2D eigenvalue weighted by atomic mass is 32.2. The quantitative estimate of drug-likeness (QED) is 0.757. The zero-order valence-electron chi connectivity index (χ0n) is 13.2. The second-order valence-electron chi connectivity index (χ2n) is 5.73. The van der Waals surface area contributed by atoms with Gasteiger partial charge in [0.25, 0.3) is 0 Å². The van der Waals surface area contributed by atoms with Gasteiger partial charge in [-0.3, -0.25) is 9.59 Å². The first-order valence-electron chi connectivity index (χ1n) is 7.91. The number of aromatic nitrogens is 1. The Morgan fingerprint density at radius 1 is 1.08 bits per heavy atom. The van der Waals surface area contributed by atoms with Crippen LogP contribution in [0.1, 0.15) is 6.42 Å². The fraction of sp³-hybridized carbons (Fsp3) is 0.105. The summed E-state index contributed by atoms with van der Waals surface area (Å²) >= 11 is 1.41. The predicted octanol–water partition coefficient (Wildman–Crippen LogP) is 3.68. The van der Waals surface area contributed by atoms with Crippen LogP contribution in [0.4, 0.5) is 11.5 Å². The number of amides is 2. The first-order valence-corrected chi connectivity index (χ1v) is 8.79. The van der Waals surface area contributed by atoms with E-state index < -0.39 is 5.25 Å². The van der Waals surface area contributed by atoms with Crippen molar-refractivity contribution in [2.75, 3.05) is 10.6 Å². The van der Waals surface area contributed by atoms with E-state index >= 15 is 0 Å². The number of nitrogens with one attached hydrogen (secondary N) is 2. The molecule has 0 spiro atoms. The Morgan fingerprint density at radius 3 is 2.80 bits per heavy atom. The van der Waals surface area contributed by atoms with Crippen molar-refractivity contribution < 1.29 is 9.59 Å². The smallest absolute Gasteiger partial charge is 0.238 e. The van der Waals surface area contributed by atoms with Crippen molar-refractivity contribution in [2.45, 2.75) is 16.6 Å². The fourth-order valence-electron chi connectivity index (χ4n) is 2.72. The third-order valence-electron chi connectivity index (χ3n) is 3.94. The molecule has 0 radical (unpaired) electrons. The highest BCUT2D eigenvalue weighted by Crippen LogP contribution is 2.36. The number of anilines is 2. The SMILES string of the molecule is O=C(C[C@@H]1Sc2ccccc2NC1=O)Nc1ccc2ccccc2n1. The molecule has 5 nitrogen and oxygen atoms in total. The molecule has 4 rings (SSSR count). The number of benzene rings is 2. The van der Waals surface area contributed by atoms with Gasteiger partial charge in [0.05, 0.1) is 16.5 Å². The third-order valence-corrected chi connectivity index (χ3v) is 5.22. The van der Waals surface area contributed by atoms with Crippen LogP contribution in [-0.4, -0.2) is 22.0 Å². The van der Waals surface area contributed by atoms with E-state index in [0.717, 1.165) is 21.5 Å². The molecule has 3 aromatic rings. The largest absolute Gasteiger partial charge is 0.324 e. The van der Waals surface area contributed by atoms with Gasteiger partial charge >= 0.3 is 0 Å². The Morgan fingerprint density at radius 2 is 1.88 bits per heavy atom. The number of thioether (sulfide) groups is 1. The van der Waals surface area contributed by atoms with E-state index in [9.17, 15) is 9.59 Å². The fourth-order valence-corrected chi connectivity index (χ4v) is 3.84. The van der Waals surface area contributed by atoms with Gasteiger partial charge in [-0.25, -0.2) is 4.98 Å². The molecule has 1 aliphatic rings. The maximum atomic E-state index is 12.3. The standard InChI is InChI=1S/C19H15N3O2S/c23-18(22-17-10-9-12-5-1-2-6-13(12)20-17)11-16-19(24)21-14-7-3-4-8-15(14)25-16/h1-10,16H,11H2,(H,21,24)(H,20,22,23)/t16-/m0/s1. The van der Waals surface area contributed by atoms with Crippen molar-refractivity contribution in [1.29, 1.82) is 0 Å². The molecule has 2 heterocycles. The topological polar surface area (TPSA) is 71.1 Å². The molecule has 0 unspecified atom stereocenters. The molecule has 124 valence electrons. The number of hydrogen-bond acceptors (Lipinski definition) is 4. The Kier molecular flexibility index (Phi) is 4.11. The van der Waals surface area contributed by atoms with Crippen LogP contribution in [0.15, 0.2) is 65.6 Å². The van der Waals surface area contributed by atoms with Crippen molar-refractivity contribution in [3.63, 3.8) is 0 Å². The molecule has 6 heteroatoms. The Hall–Kier alpha value is -2.86. The minimum atomic E-state index is -0.449. The maximum absolute atomic E-state index is 12.3. The minimum absolute atomic E-state index is 0.0966. The summed E-state index contributed by atoms with van der Waals surface area (Å²) in [6, 6.07) is 19.0. The van der Waals surface area contributed by atoms with Gasteiger partial charge in [-0.05, 0) is 30.3 Å². The molecule has 2 amide bonds. The van der Waals surface area contributed by atoms with Crippen molar-refractivity contribution in [3.05, 3.63) is 60.7 Å². The number of carbonyl (C=O) groups excluding carboxylic acids is 2. The van der Waals surface area contributed by atoms with Gasteiger partial charge in [0.1, 0.15) is 5.82 Å². The highest BCUT2D eigenvalue weighted by Gasteiger charge is 2.28. The zero-order chi connectivity index (χ0) is 17.2. The number of hydrogen-bond donors (Lipinski definition) is 2. The molecular weight excluding hydrogens is 334 g/mol. The molecule has 1 aromatic heterocycles. The number of nitrogens with zero attached hydrogens (tertiary/aromatic N) is 1. The number of para-hydroxylation sites is 2. The number of carbonyl (C=O) groups is 2. The van der Waals surface area contributed by atoms with E-state index in [0.29, 0.717) is 5.82 Å². The minimum Gasteiger partial charge on any atom is -0.324 e. The molecule has 0 bridgehead atoms. The number of fused-ring (bicyclic) bond motifs is 2. The second kappa shape index (κ2) is 6.57. The number of pyridine rings is 1. The van der Waals surface area contributed by atoms with Gasteiger partial charge in [-0.15, -0.1) is 11.8 Å². The van der Waals surface area contributed by atoms with Crippen LogP contribution in [-0.2, 0) is 9.59 Å². The normalized spacial score (nSPS) is 16.2. The summed E-state index contributed by atoms with van der Waals surface area (Å²) in [6.07, 6.45) is 0.0966. The molecule has 1 aliphatic heterocycles. The summed E-state index contributed by atoms with van der Waals surface area (Å²) in [5.74, 6) is 0.116. The first-order chi connectivity index (χ1) is 12.2. The Labute approximate surface area is 148 Å². The summed E-state index contributed by atoms with van der Waals surface area (Å²) in [7, 11) is 0. The van der Waals surface area contributed by atoms with E-state index in [2.05, 4.69) is 15.6 Å². The van der Waals surface area contributed by atoms with Crippen LogP contribution in [0.2, 0.25) is 0 Å². The van der Waals surface area contributed by atoms with Crippen LogP contribution in [0.25, 0.3) is 10.9 Å². The van der Waals surface area contributed by atoms with Crippen molar-refractivity contribution in [1.82, 2.24) is 4.98 Å². The summed E-state index contributed by atoms with van der Waals surface area (Å²) in [5, 5.41) is 6.19. The molecule has 2 aromatic carbocycles. The van der Waals surface area contributed by atoms with E-state index in [1.54, 1.807) is 6.07 Å². The van der Waals surface area contributed by atoms with Crippen LogP contribution in [0.3, 0.4) is 0 Å². The van der Waals surface area contributed by atoms with E-state index in [1.807, 2.05) is 54.6 Å². The monoisotopic (exact) mass is 349 g/mol. The summed E-state index contributed by atoms with van der Waals surface area (Å²) in [4.78, 5) is 29.9. The molecule has 1 atom stereocenters. The third kappa shape index (κ3) is 3.34. The molecule has 0 saturated carbocycles. The van der Waals surface area contributed by atoms with E-state index in [-0.39, 0.29) is 18.2 Å². The van der Waals surface area contributed by atoms with E-state index in [1.165, 1.54) is 11.8 Å². The van der Waals surface area contributed by atoms with Gasteiger partial charge in [0.15, 0.2) is 0 Å². The molecular formula is C19H15N3O2S. The number of rotatable bonds is 3. The van der Waals surface area contributed by atoms with Crippen molar-refractivity contribution >= 4 is 46.0 Å². The average Bonchev–Trinajstić information content (AvgIpc) is 2.62. The zero-order valence-corrected chi connectivity index (χ0v) is 14.0. The molecule has 0 saturated heterocycles. The molecule has 0 aliphatic carbocycles. The lowest BCUT2D eigenvalue weighted by atomic mass is 10.2. The predicted molar refractivity (Wildman–Crippen MR) is 99.7 cm³/mol. The van der Waals surface area contributed by atoms with E-state index in [4.69, 9.17) is 0 Å². The first kappa shape index (κ1) is 15.7. The van der Waals surface area contributed by atoms with Crippen molar-refractivity contribution in [3.8, 4) is 0 Å². The Balaban J connectivity index is 1.45. The lowest BCUT2D eigenvalue weighted by molar-refractivity contribution is -0.120. The highest BCUT2D eigenvalue weighted by molar-refractivity contribution is 8.01. The maximum Gasteiger partial charge on any atom is 0.238 e. The Bertz CT molecular complexity index is 974. The van der Waals surface area contributed by atoms with Crippen LogP contribution >= 0.6 is 11.8 Å². The molecule has 2 N–H and O–H groups in total. The van der Waals surface area contributed by atoms with Gasteiger partial charge in [-0.2, -0.15) is 0 Å². The van der Waals surface area contributed by atoms with Crippen LogP contribution in [0, 0.1) is 0 Å². The van der Waals surface area contributed by atoms with Crippen molar-refractivity contribution in [2.24, 2.45) is 0 Å². The van der Waals surface area contributed by atoms with Gasteiger partial charge in [0, 0.05) is 16.7 Å². The van der Waals surface area contributed by atoms with Gasteiger partial charge in [-0.1, -0.05) is 30.3 Å². The lowest BCUT2D eigenvalue weighted by Crippen LogP contribution is -2.32. The van der Waals surface area contributed by atoms with Gasteiger partial charge < -0.3 is 10.6 Å². The summed E-state index contributed by atoms with van der Waals surface area (Å²) in [6.45, 7) is 0. The second-order valence-corrected chi connectivity index (χ2v) is 6.98. The van der Waals surface area contributed by atoms with Gasteiger partial charge in [0.2, 0.25) is 11.8 Å². The molecule has 0 fully saturated rings. The summed E-state index contributed by atoms with van der Waals surface area (Å²) < 4.78 is 0.